The number of rotatable bonds is 6. The van der Waals surface area contributed by atoms with E-state index in [9.17, 15) is 4.79 Å². The van der Waals surface area contributed by atoms with Gasteiger partial charge in [0.1, 0.15) is 0 Å². The van der Waals surface area contributed by atoms with Crippen LogP contribution in [0, 0.1) is 0 Å². The minimum Gasteiger partial charge on any atom is -0.382 e. The third kappa shape index (κ3) is 6.08. The lowest BCUT2D eigenvalue weighted by molar-refractivity contribution is -0.122. The molecular formula is C12H24N2O2. The minimum atomic E-state index is 0.161. The van der Waals surface area contributed by atoms with Crippen molar-refractivity contribution in [3.8, 4) is 0 Å². The molecule has 0 aromatic heterocycles. The third-order valence-electron chi connectivity index (χ3n) is 2.81. The van der Waals surface area contributed by atoms with Crippen molar-refractivity contribution in [2.24, 2.45) is 0 Å². The van der Waals surface area contributed by atoms with Gasteiger partial charge in [-0.3, -0.25) is 4.79 Å². The zero-order chi connectivity index (χ0) is 11.6. The lowest BCUT2D eigenvalue weighted by Gasteiger charge is -2.16. The molecule has 0 aromatic rings. The van der Waals surface area contributed by atoms with Crippen molar-refractivity contribution in [2.45, 2.75) is 45.1 Å². The zero-order valence-electron chi connectivity index (χ0n) is 10.3. The van der Waals surface area contributed by atoms with E-state index in [2.05, 4.69) is 10.6 Å². The van der Waals surface area contributed by atoms with Gasteiger partial charge in [0, 0.05) is 32.2 Å². The molecule has 0 spiro atoms. The molecule has 4 nitrogen and oxygen atoms in total. The summed E-state index contributed by atoms with van der Waals surface area (Å²) in [6.07, 6.45) is 4.92. The second-order valence-electron chi connectivity index (χ2n) is 4.26. The molecule has 1 amide bonds. The number of hydrogen-bond acceptors (Lipinski definition) is 3. The molecule has 1 rings (SSSR count). The molecule has 1 atom stereocenters. The monoisotopic (exact) mass is 228 g/mol. The van der Waals surface area contributed by atoms with Crippen LogP contribution in [0.25, 0.3) is 0 Å². The molecule has 0 bridgehead atoms. The van der Waals surface area contributed by atoms with Crippen LogP contribution in [0.3, 0.4) is 0 Å². The maximum atomic E-state index is 11.6. The third-order valence-corrected chi connectivity index (χ3v) is 2.81. The summed E-state index contributed by atoms with van der Waals surface area (Å²) in [6, 6.07) is 0.321. The molecule has 0 aromatic carbocycles. The van der Waals surface area contributed by atoms with Crippen LogP contribution in [0.4, 0.5) is 0 Å². The standard InChI is InChI=1S/C12H24N2O2/c1-2-16-9-5-7-12(15)14-11-6-3-4-8-13-10-11/h11,13H,2-10H2,1H3,(H,14,15). The van der Waals surface area contributed by atoms with Gasteiger partial charge in [0.15, 0.2) is 0 Å². The summed E-state index contributed by atoms with van der Waals surface area (Å²) in [5.41, 5.74) is 0. The summed E-state index contributed by atoms with van der Waals surface area (Å²) < 4.78 is 5.20. The van der Waals surface area contributed by atoms with Gasteiger partial charge in [-0.15, -0.1) is 0 Å². The molecule has 1 saturated heterocycles. The highest BCUT2D eigenvalue weighted by Gasteiger charge is 2.13. The normalized spacial score (nSPS) is 21.4. The highest BCUT2D eigenvalue weighted by atomic mass is 16.5. The molecule has 1 heterocycles. The van der Waals surface area contributed by atoms with Crippen molar-refractivity contribution in [2.75, 3.05) is 26.3 Å². The molecule has 2 N–H and O–H groups in total. The van der Waals surface area contributed by atoms with Crippen molar-refractivity contribution >= 4 is 5.91 Å². The van der Waals surface area contributed by atoms with Crippen LogP contribution < -0.4 is 10.6 Å². The van der Waals surface area contributed by atoms with Gasteiger partial charge in [0.05, 0.1) is 0 Å². The minimum absolute atomic E-state index is 0.161. The number of hydrogen-bond donors (Lipinski definition) is 2. The van der Waals surface area contributed by atoms with Crippen LogP contribution in [0.2, 0.25) is 0 Å². The summed E-state index contributed by atoms with van der Waals surface area (Å²) >= 11 is 0. The molecule has 1 fully saturated rings. The number of amides is 1. The molecule has 16 heavy (non-hydrogen) atoms. The molecule has 0 saturated carbocycles. The van der Waals surface area contributed by atoms with Gasteiger partial charge >= 0.3 is 0 Å². The highest BCUT2D eigenvalue weighted by molar-refractivity contribution is 5.76. The van der Waals surface area contributed by atoms with Crippen molar-refractivity contribution in [3.05, 3.63) is 0 Å². The van der Waals surface area contributed by atoms with Gasteiger partial charge in [-0.1, -0.05) is 6.42 Å². The van der Waals surface area contributed by atoms with Crippen LogP contribution in [0.15, 0.2) is 0 Å². The van der Waals surface area contributed by atoms with Gasteiger partial charge in [0.2, 0.25) is 5.91 Å². The smallest absolute Gasteiger partial charge is 0.220 e. The topological polar surface area (TPSA) is 50.4 Å². The first-order valence-corrected chi connectivity index (χ1v) is 6.40. The second-order valence-corrected chi connectivity index (χ2v) is 4.26. The lowest BCUT2D eigenvalue weighted by atomic mass is 10.1. The predicted octanol–water partition coefficient (Wildman–Crippen LogP) is 1.06. The summed E-state index contributed by atoms with van der Waals surface area (Å²) in [5, 5.41) is 6.42. The maximum Gasteiger partial charge on any atom is 0.220 e. The Morgan fingerprint density at radius 1 is 1.50 bits per heavy atom. The van der Waals surface area contributed by atoms with Gasteiger partial charge in [-0.25, -0.2) is 0 Å². The fourth-order valence-electron chi connectivity index (χ4n) is 1.92. The van der Waals surface area contributed by atoms with E-state index in [0.717, 1.165) is 32.5 Å². The molecule has 0 aliphatic carbocycles. The van der Waals surface area contributed by atoms with Crippen molar-refractivity contribution in [1.82, 2.24) is 10.6 Å². The lowest BCUT2D eigenvalue weighted by Crippen LogP contribution is -2.40. The quantitative estimate of drug-likeness (QED) is 0.668. The van der Waals surface area contributed by atoms with Gasteiger partial charge in [-0.2, -0.15) is 0 Å². The molecule has 1 aliphatic rings. The van der Waals surface area contributed by atoms with E-state index < -0.39 is 0 Å². The van der Waals surface area contributed by atoms with Gasteiger partial charge in [0.25, 0.3) is 0 Å². The Balaban J connectivity index is 2.07. The van der Waals surface area contributed by atoms with Crippen LogP contribution in [0.1, 0.15) is 39.0 Å². The molecular weight excluding hydrogens is 204 g/mol. The Bertz CT molecular complexity index is 189. The summed E-state index contributed by atoms with van der Waals surface area (Å²) in [6.45, 7) is 5.38. The Labute approximate surface area is 98.1 Å². The van der Waals surface area contributed by atoms with Crippen molar-refractivity contribution in [1.29, 1.82) is 0 Å². The van der Waals surface area contributed by atoms with Gasteiger partial charge in [-0.05, 0) is 32.7 Å². The largest absolute Gasteiger partial charge is 0.382 e. The molecule has 94 valence electrons. The van der Waals surface area contributed by atoms with E-state index in [1.807, 2.05) is 6.92 Å². The first-order valence-electron chi connectivity index (χ1n) is 6.40. The van der Waals surface area contributed by atoms with Gasteiger partial charge < -0.3 is 15.4 Å². The summed E-state index contributed by atoms with van der Waals surface area (Å²) in [5.74, 6) is 0.161. The fraction of sp³-hybridized carbons (Fsp3) is 0.917. The van der Waals surface area contributed by atoms with Crippen LogP contribution in [-0.4, -0.2) is 38.3 Å². The second kappa shape index (κ2) is 8.53. The van der Waals surface area contributed by atoms with Crippen molar-refractivity contribution < 1.29 is 9.53 Å². The van der Waals surface area contributed by atoms with Crippen molar-refractivity contribution in [3.63, 3.8) is 0 Å². The molecule has 4 heteroatoms. The summed E-state index contributed by atoms with van der Waals surface area (Å²) in [7, 11) is 0. The first kappa shape index (κ1) is 13.5. The Hall–Kier alpha value is -0.610. The zero-order valence-corrected chi connectivity index (χ0v) is 10.3. The molecule has 1 unspecified atom stereocenters. The molecule has 1 aliphatic heterocycles. The van der Waals surface area contributed by atoms with Crippen LogP contribution >= 0.6 is 0 Å². The predicted molar refractivity (Wildman–Crippen MR) is 64.4 cm³/mol. The van der Waals surface area contributed by atoms with E-state index in [0.29, 0.717) is 19.1 Å². The number of carbonyl (C=O) groups excluding carboxylic acids is 1. The SMILES string of the molecule is CCOCCCC(=O)NC1CCCCNC1. The maximum absolute atomic E-state index is 11.6. The first-order chi connectivity index (χ1) is 7.83. The average Bonchev–Trinajstić information content (AvgIpc) is 2.53. The average molecular weight is 228 g/mol. The van der Waals surface area contributed by atoms with E-state index in [1.54, 1.807) is 0 Å². The Morgan fingerprint density at radius 3 is 3.19 bits per heavy atom. The fourth-order valence-corrected chi connectivity index (χ4v) is 1.92. The number of ether oxygens (including phenoxy) is 1. The van der Waals surface area contributed by atoms with E-state index >= 15 is 0 Å². The number of carbonyl (C=O) groups is 1. The van der Waals surface area contributed by atoms with E-state index in [4.69, 9.17) is 4.74 Å². The number of nitrogens with one attached hydrogen (secondary N) is 2. The summed E-state index contributed by atoms with van der Waals surface area (Å²) in [4.78, 5) is 11.6. The Morgan fingerprint density at radius 2 is 2.38 bits per heavy atom. The van der Waals surface area contributed by atoms with E-state index in [-0.39, 0.29) is 5.91 Å². The van der Waals surface area contributed by atoms with Crippen LogP contribution in [0.5, 0.6) is 0 Å². The highest BCUT2D eigenvalue weighted by Crippen LogP contribution is 2.04. The Kier molecular flexibility index (Phi) is 7.17. The van der Waals surface area contributed by atoms with Crippen LogP contribution in [-0.2, 0) is 9.53 Å². The van der Waals surface area contributed by atoms with E-state index in [1.165, 1.54) is 12.8 Å². The molecule has 0 radical (unpaired) electrons.